The predicted molar refractivity (Wildman–Crippen MR) is 28.2 cm³/mol. The molecule has 0 bridgehead atoms. The molecule has 0 saturated heterocycles. The summed E-state index contributed by atoms with van der Waals surface area (Å²) in [7, 11) is 0. The van der Waals surface area contributed by atoms with Gasteiger partial charge in [0.2, 0.25) is 0 Å². The van der Waals surface area contributed by atoms with Gasteiger partial charge in [0.1, 0.15) is 0 Å². The summed E-state index contributed by atoms with van der Waals surface area (Å²) in [6.07, 6.45) is 4.71. The van der Waals surface area contributed by atoms with Crippen molar-refractivity contribution in [3.05, 3.63) is 12.2 Å². The summed E-state index contributed by atoms with van der Waals surface area (Å²) in [5.41, 5.74) is 0. The minimum absolute atomic E-state index is 0.398. The second-order valence-electron chi connectivity index (χ2n) is 0.957. The van der Waals surface area contributed by atoms with Crippen molar-refractivity contribution < 1.29 is 0 Å². The zero-order valence-electron chi connectivity index (χ0n) is 3.89. The van der Waals surface area contributed by atoms with E-state index in [0.717, 1.165) is 6.21 Å². The van der Waals surface area contributed by atoms with Gasteiger partial charge in [0, 0.05) is 6.21 Å². The van der Waals surface area contributed by atoms with Crippen molar-refractivity contribution in [2.45, 2.75) is 6.42 Å². The molecule has 0 spiro atoms. The molecule has 0 aliphatic heterocycles. The van der Waals surface area contributed by atoms with Gasteiger partial charge in [0.25, 0.3) is 0 Å². The lowest BCUT2D eigenvalue weighted by atomic mass is 10.4. The highest BCUT2D eigenvalue weighted by Gasteiger charge is 1.63. The summed E-state index contributed by atoms with van der Waals surface area (Å²) in [6, 6.07) is 1.91. The van der Waals surface area contributed by atoms with Crippen LogP contribution in [0.15, 0.2) is 12.2 Å². The number of hydrogen-bond acceptors (Lipinski definition) is 2. The molecule has 0 heterocycles. The van der Waals surface area contributed by atoms with Crippen LogP contribution < -0.4 is 0 Å². The molecule has 0 unspecified atom stereocenters. The molecule has 0 saturated carbocycles. The van der Waals surface area contributed by atoms with Crippen molar-refractivity contribution in [1.29, 1.82) is 10.7 Å². The zero-order valence-corrected chi connectivity index (χ0v) is 3.89. The summed E-state index contributed by atoms with van der Waals surface area (Å²) in [5.74, 6) is 0. The van der Waals surface area contributed by atoms with E-state index in [-0.39, 0.29) is 0 Å². The highest BCUT2D eigenvalue weighted by atomic mass is 14.3. The number of allylic oxidation sites excluding steroid dienone is 2. The average molecular weight is 94.1 g/mol. The van der Waals surface area contributed by atoms with E-state index >= 15 is 0 Å². The van der Waals surface area contributed by atoms with E-state index in [4.69, 9.17) is 10.7 Å². The maximum absolute atomic E-state index is 7.92. The molecule has 1 N–H and O–H groups in total. The Bertz CT molecular complexity index is 108. The lowest BCUT2D eigenvalue weighted by Crippen LogP contribution is -1.57. The lowest BCUT2D eigenvalue weighted by Gasteiger charge is -1.65. The zero-order chi connectivity index (χ0) is 5.54. The monoisotopic (exact) mass is 94.1 g/mol. The summed E-state index contributed by atoms with van der Waals surface area (Å²) >= 11 is 0. The van der Waals surface area contributed by atoms with Crippen LogP contribution in [-0.2, 0) is 0 Å². The van der Waals surface area contributed by atoms with Gasteiger partial charge in [0.15, 0.2) is 0 Å². The first-order valence-electron chi connectivity index (χ1n) is 1.94. The van der Waals surface area contributed by atoms with Crippen LogP contribution in [0.25, 0.3) is 0 Å². The van der Waals surface area contributed by atoms with Crippen LogP contribution in [0, 0.1) is 16.7 Å². The molecular weight excluding hydrogens is 88.1 g/mol. The van der Waals surface area contributed by atoms with Crippen LogP contribution in [0.3, 0.4) is 0 Å². The summed E-state index contributed by atoms with van der Waals surface area (Å²) in [6.45, 7) is 0. The first kappa shape index (κ1) is 5.90. The summed E-state index contributed by atoms with van der Waals surface area (Å²) < 4.78 is 0. The highest BCUT2D eigenvalue weighted by Crippen LogP contribution is 1.73. The number of nitriles is 1. The molecule has 0 radical (unpaired) electrons. The third-order valence-corrected chi connectivity index (χ3v) is 0.441. The van der Waals surface area contributed by atoms with Crippen molar-refractivity contribution in [3.8, 4) is 6.07 Å². The van der Waals surface area contributed by atoms with Crippen molar-refractivity contribution >= 4 is 6.21 Å². The first-order chi connectivity index (χ1) is 3.41. The van der Waals surface area contributed by atoms with Gasteiger partial charge >= 0.3 is 0 Å². The molecule has 0 aliphatic carbocycles. The van der Waals surface area contributed by atoms with E-state index in [9.17, 15) is 0 Å². The minimum Gasteiger partial charge on any atom is -0.309 e. The molecule has 7 heavy (non-hydrogen) atoms. The van der Waals surface area contributed by atoms with Gasteiger partial charge in [-0.1, -0.05) is 6.08 Å². The molecule has 0 aromatic carbocycles. The topological polar surface area (TPSA) is 47.6 Å². The largest absolute Gasteiger partial charge is 0.309 e. The quantitative estimate of drug-likeness (QED) is 0.512. The molecule has 0 rings (SSSR count). The third kappa shape index (κ3) is 4.90. The van der Waals surface area contributed by atoms with Gasteiger partial charge in [-0.05, 0) is 6.08 Å². The lowest BCUT2D eigenvalue weighted by molar-refractivity contribution is 1.36. The number of hydrogen-bond donors (Lipinski definition) is 1. The molecule has 36 valence electrons. The second-order valence-corrected chi connectivity index (χ2v) is 0.957. The van der Waals surface area contributed by atoms with Gasteiger partial charge in [-0.3, -0.25) is 0 Å². The Balaban J connectivity index is 3.13. The Kier molecular flexibility index (Phi) is 4.13. The fraction of sp³-hybridized carbons (Fsp3) is 0.200. The fourth-order valence-electron chi connectivity index (χ4n) is 0.189. The molecule has 0 aromatic rings. The van der Waals surface area contributed by atoms with E-state index in [1.54, 1.807) is 6.08 Å². The number of rotatable bonds is 2. The molecule has 0 atom stereocenters. The van der Waals surface area contributed by atoms with Crippen LogP contribution in [0.2, 0.25) is 0 Å². The van der Waals surface area contributed by atoms with E-state index in [2.05, 4.69) is 0 Å². The molecule has 0 amide bonds. The Labute approximate surface area is 42.6 Å². The standard InChI is InChI=1S/C5H6N2/c6-4-2-1-3-5-7/h1-2,4,6H,3H2. The van der Waals surface area contributed by atoms with E-state index in [1.807, 2.05) is 6.07 Å². The van der Waals surface area contributed by atoms with Crippen molar-refractivity contribution in [2.24, 2.45) is 0 Å². The van der Waals surface area contributed by atoms with Crippen LogP contribution in [0.1, 0.15) is 6.42 Å². The van der Waals surface area contributed by atoms with Crippen LogP contribution in [0.5, 0.6) is 0 Å². The van der Waals surface area contributed by atoms with E-state index in [0.29, 0.717) is 6.42 Å². The van der Waals surface area contributed by atoms with Crippen LogP contribution >= 0.6 is 0 Å². The summed E-state index contributed by atoms with van der Waals surface area (Å²) in [4.78, 5) is 0. The SMILES string of the molecule is N#CCC=CC=N. The van der Waals surface area contributed by atoms with E-state index < -0.39 is 0 Å². The van der Waals surface area contributed by atoms with Crippen LogP contribution in [-0.4, -0.2) is 6.21 Å². The Morgan fingerprint density at radius 2 is 2.43 bits per heavy atom. The molecule has 0 aliphatic rings. The normalized spacial score (nSPS) is 8.43. The van der Waals surface area contributed by atoms with Gasteiger partial charge in [0.05, 0.1) is 12.5 Å². The van der Waals surface area contributed by atoms with Crippen molar-refractivity contribution in [1.82, 2.24) is 0 Å². The first-order valence-corrected chi connectivity index (χ1v) is 1.94. The smallest absolute Gasteiger partial charge is 0.0663 e. The van der Waals surface area contributed by atoms with Crippen molar-refractivity contribution in [2.75, 3.05) is 0 Å². The van der Waals surface area contributed by atoms with Crippen molar-refractivity contribution in [3.63, 3.8) is 0 Å². The van der Waals surface area contributed by atoms with Gasteiger partial charge in [-0.2, -0.15) is 5.26 Å². The Morgan fingerprint density at radius 3 is 2.86 bits per heavy atom. The Hall–Kier alpha value is -1.10. The average Bonchev–Trinajstić information content (AvgIpc) is 1.69. The number of nitrogens with one attached hydrogen (secondary N) is 1. The molecule has 2 nitrogen and oxygen atoms in total. The predicted octanol–water partition coefficient (Wildman–Crippen LogP) is 1.11. The van der Waals surface area contributed by atoms with Gasteiger partial charge in [-0.25, -0.2) is 0 Å². The maximum Gasteiger partial charge on any atom is 0.0663 e. The maximum atomic E-state index is 7.92. The molecular formula is C5H6N2. The summed E-state index contributed by atoms with van der Waals surface area (Å²) in [5, 5.41) is 14.4. The minimum atomic E-state index is 0.398. The Morgan fingerprint density at radius 1 is 1.71 bits per heavy atom. The second kappa shape index (κ2) is 4.90. The number of nitrogens with zero attached hydrogens (tertiary/aromatic N) is 1. The molecule has 2 heteroatoms. The van der Waals surface area contributed by atoms with Crippen LogP contribution in [0.4, 0.5) is 0 Å². The molecule has 0 aromatic heterocycles. The third-order valence-electron chi connectivity index (χ3n) is 0.441. The van der Waals surface area contributed by atoms with E-state index in [1.165, 1.54) is 6.08 Å². The van der Waals surface area contributed by atoms with Gasteiger partial charge < -0.3 is 5.41 Å². The molecule has 0 fully saturated rings. The fourth-order valence-corrected chi connectivity index (χ4v) is 0.189. The van der Waals surface area contributed by atoms with Gasteiger partial charge in [-0.15, -0.1) is 0 Å². The highest BCUT2D eigenvalue weighted by molar-refractivity contribution is 5.67.